The van der Waals surface area contributed by atoms with E-state index < -0.39 is 0 Å². The third-order valence-electron chi connectivity index (χ3n) is 7.14. The summed E-state index contributed by atoms with van der Waals surface area (Å²) >= 11 is 0. The van der Waals surface area contributed by atoms with E-state index in [2.05, 4.69) is 19.8 Å². The second-order valence-corrected chi connectivity index (χ2v) is 9.82. The summed E-state index contributed by atoms with van der Waals surface area (Å²) in [7, 11) is 0. The molecule has 0 N–H and O–H groups in total. The van der Waals surface area contributed by atoms with Crippen molar-refractivity contribution in [2.24, 2.45) is 5.92 Å². The quantitative estimate of drug-likeness (QED) is 0.264. The molecule has 37 heavy (non-hydrogen) atoms. The number of carbonyl (C=O) groups is 1. The molecule has 3 atom stereocenters. The van der Waals surface area contributed by atoms with Crippen molar-refractivity contribution in [3.63, 3.8) is 0 Å². The van der Waals surface area contributed by atoms with Crippen LogP contribution in [-0.4, -0.2) is 53.7 Å². The van der Waals surface area contributed by atoms with Gasteiger partial charge in [-0.05, 0) is 56.0 Å². The van der Waals surface area contributed by atoms with Crippen LogP contribution in [-0.2, 0) is 16.1 Å². The van der Waals surface area contributed by atoms with Crippen LogP contribution >= 0.6 is 0 Å². The number of para-hydroxylation sites is 1. The van der Waals surface area contributed by atoms with E-state index in [1.807, 2.05) is 29.7 Å². The zero-order valence-electron chi connectivity index (χ0n) is 22.4. The van der Waals surface area contributed by atoms with E-state index in [4.69, 9.17) is 9.47 Å². The van der Waals surface area contributed by atoms with Gasteiger partial charge in [0.05, 0.1) is 12.6 Å². The molecule has 6 nitrogen and oxygen atoms in total. The molecule has 200 valence electrons. The van der Waals surface area contributed by atoms with Gasteiger partial charge in [0.1, 0.15) is 35.5 Å². The van der Waals surface area contributed by atoms with E-state index >= 15 is 0 Å². The minimum absolute atomic E-state index is 0.00982. The molecule has 2 aromatic carbocycles. The van der Waals surface area contributed by atoms with Crippen LogP contribution in [0.5, 0.6) is 5.75 Å². The Morgan fingerprint density at radius 1 is 1.14 bits per heavy atom. The van der Waals surface area contributed by atoms with Gasteiger partial charge in [-0.1, -0.05) is 57.4 Å². The summed E-state index contributed by atoms with van der Waals surface area (Å²) in [5, 5.41) is 0. The van der Waals surface area contributed by atoms with Gasteiger partial charge in [-0.25, -0.2) is 14.0 Å². The molecule has 3 rings (SSSR count). The molecule has 0 spiro atoms. The fourth-order valence-electron chi connectivity index (χ4n) is 4.67. The number of halogens is 1. The fraction of sp³-hybridized carbons (Fsp3) is 0.500. The number of unbranched alkanes of at least 4 members (excludes halogenated alkanes) is 1. The van der Waals surface area contributed by atoms with Gasteiger partial charge >= 0.3 is 5.97 Å². The Bertz CT molecular complexity index is 1070. The largest absolute Gasteiger partial charge is 0.477 e. The molecule has 0 aromatic heterocycles. The van der Waals surface area contributed by atoms with Crippen LogP contribution in [0.25, 0.3) is 0 Å². The van der Waals surface area contributed by atoms with E-state index in [1.165, 1.54) is 12.1 Å². The lowest BCUT2D eigenvalue weighted by molar-refractivity contribution is 0.0264. The molecule has 0 bridgehead atoms. The first-order valence-electron chi connectivity index (χ1n) is 13.3. The van der Waals surface area contributed by atoms with Crippen LogP contribution in [0.4, 0.5) is 4.39 Å². The van der Waals surface area contributed by atoms with Crippen LogP contribution in [0.15, 0.2) is 54.2 Å². The minimum atomic E-state index is -0.385. The van der Waals surface area contributed by atoms with E-state index in [1.54, 1.807) is 30.3 Å². The maximum Gasteiger partial charge on any atom is 0.341 e. The Balaban J connectivity index is 1.63. The van der Waals surface area contributed by atoms with Gasteiger partial charge in [0.25, 0.3) is 0 Å². The molecule has 2 aromatic rings. The average Bonchev–Trinajstić information content (AvgIpc) is 2.91. The first kappa shape index (κ1) is 28.4. The summed E-state index contributed by atoms with van der Waals surface area (Å²) in [6.07, 6.45) is 4.27. The van der Waals surface area contributed by atoms with Gasteiger partial charge in [0.2, 0.25) is 0 Å². The topological polar surface area (TPSA) is 59.1 Å². The van der Waals surface area contributed by atoms with Crippen LogP contribution in [0.1, 0.15) is 69.3 Å². The molecule has 0 saturated carbocycles. The molecule has 1 aliphatic heterocycles. The van der Waals surface area contributed by atoms with Crippen molar-refractivity contribution in [3.8, 4) is 5.75 Å². The summed E-state index contributed by atoms with van der Waals surface area (Å²) in [6, 6.07) is 13.2. The summed E-state index contributed by atoms with van der Waals surface area (Å²) in [6.45, 7) is 10.0. The van der Waals surface area contributed by atoms with Crippen molar-refractivity contribution in [1.29, 1.82) is 0 Å². The number of piperazine rings is 1. The Kier molecular flexibility index (Phi) is 10.7. The predicted molar refractivity (Wildman–Crippen MR) is 142 cm³/mol. The van der Waals surface area contributed by atoms with E-state index in [-0.39, 0.29) is 30.6 Å². The van der Waals surface area contributed by atoms with Gasteiger partial charge in [0, 0.05) is 19.1 Å². The maximum atomic E-state index is 13.3. The van der Waals surface area contributed by atoms with Gasteiger partial charge in [-0.3, -0.25) is 4.90 Å². The molecule has 1 fully saturated rings. The number of ether oxygens (including phenoxy) is 2. The third kappa shape index (κ3) is 7.67. The number of esters is 1. The highest BCUT2D eigenvalue weighted by Gasteiger charge is 2.34. The van der Waals surface area contributed by atoms with Gasteiger partial charge < -0.3 is 14.4 Å². The molecule has 0 amide bonds. The number of benzene rings is 2. The SMILES string of the molecule is CCCCC(CC)COC(=O)c1ccccc1OCN1C[C@@H](C)N(Cc2ccc(F)cc2)C(=C=O)[C@@H]1C. The van der Waals surface area contributed by atoms with Crippen molar-refractivity contribution in [1.82, 2.24) is 9.80 Å². The number of hydrogen-bond donors (Lipinski definition) is 0. The highest BCUT2D eigenvalue weighted by Crippen LogP contribution is 2.27. The van der Waals surface area contributed by atoms with Crippen molar-refractivity contribution in [2.75, 3.05) is 19.9 Å². The number of nitrogens with zero attached hydrogens (tertiary/aromatic N) is 2. The van der Waals surface area contributed by atoms with Crippen molar-refractivity contribution >= 4 is 11.9 Å². The van der Waals surface area contributed by atoms with Gasteiger partial charge in [0.15, 0.2) is 0 Å². The van der Waals surface area contributed by atoms with Gasteiger partial charge in [-0.15, -0.1) is 0 Å². The summed E-state index contributed by atoms with van der Waals surface area (Å²) < 4.78 is 25.0. The Hall–Kier alpha value is -3.15. The van der Waals surface area contributed by atoms with E-state index in [9.17, 15) is 14.0 Å². The Labute approximate surface area is 220 Å². The number of carbonyl (C=O) groups excluding carboxylic acids is 2. The van der Waals surface area contributed by atoms with Crippen LogP contribution in [0, 0.1) is 11.7 Å². The van der Waals surface area contributed by atoms with Crippen LogP contribution in [0.3, 0.4) is 0 Å². The molecule has 1 heterocycles. The molecule has 0 radical (unpaired) electrons. The second-order valence-electron chi connectivity index (χ2n) is 9.82. The maximum absolute atomic E-state index is 13.3. The summed E-state index contributed by atoms with van der Waals surface area (Å²) in [4.78, 5) is 28.9. The molecule has 1 unspecified atom stereocenters. The normalized spacial score (nSPS) is 18.8. The third-order valence-corrected chi connectivity index (χ3v) is 7.14. The highest BCUT2D eigenvalue weighted by atomic mass is 19.1. The van der Waals surface area contributed by atoms with Crippen LogP contribution in [0.2, 0.25) is 0 Å². The molecule has 1 aliphatic rings. The standard InChI is InChI=1S/C30H39FN2O4/c1-5-7-10-24(6-2)20-36-30(35)27-11-8-9-12-29(27)37-21-32-17-22(3)33(28(19-34)23(32)4)18-25-13-15-26(31)16-14-25/h8-9,11-16,22-24H,5-7,10,17-18,20-21H2,1-4H3/t22-,23+,24?/m1/s1. The van der Waals surface area contributed by atoms with Crippen molar-refractivity contribution < 1.29 is 23.5 Å². The molecule has 1 saturated heterocycles. The minimum Gasteiger partial charge on any atom is -0.477 e. The summed E-state index contributed by atoms with van der Waals surface area (Å²) in [5.74, 6) is 2.26. The first-order valence-corrected chi connectivity index (χ1v) is 13.3. The molecule has 7 heteroatoms. The first-order chi connectivity index (χ1) is 17.9. The highest BCUT2D eigenvalue weighted by molar-refractivity contribution is 5.92. The van der Waals surface area contributed by atoms with E-state index in [0.717, 1.165) is 31.2 Å². The number of rotatable bonds is 12. The zero-order valence-corrected chi connectivity index (χ0v) is 22.4. The van der Waals surface area contributed by atoms with Crippen molar-refractivity contribution in [2.45, 2.75) is 72.0 Å². The second kappa shape index (κ2) is 14.0. The average molecular weight is 511 g/mol. The predicted octanol–water partition coefficient (Wildman–Crippen LogP) is 5.85. The Morgan fingerprint density at radius 3 is 2.54 bits per heavy atom. The van der Waals surface area contributed by atoms with Crippen LogP contribution < -0.4 is 4.74 Å². The molecule has 0 aliphatic carbocycles. The lowest BCUT2D eigenvalue weighted by atomic mass is 10.0. The smallest absolute Gasteiger partial charge is 0.341 e. The Morgan fingerprint density at radius 2 is 1.86 bits per heavy atom. The summed E-state index contributed by atoms with van der Waals surface area (Å²) in [5.41, 5.74) is 1.84. The monoisotopic (exact) mass is 510 g/mol. The fourth-order valence-corrected chi connectivity index (χ4v) is 4.67. The van der Waals surface area contributed by atoms with E-state index in [0.29, 0.717) is 42.6 Å². The molecular formula is C30H39FN2O4. The molecular weight excluding hydrogens is 471 g/mol. The number of hydrogen-bond acceptors (Lipinski definition) is 6. The lowest BCUT2D eigenvalue weighted by Crippen LogP contribution is -2.55. The van der Waals surface area contributed by atoms with Gasteiger partial charge in [-0.2, -0.15) is 0 Å². The van der Waals surface area contributed by atoms with Crippen molar-refractivity contribution in [3.05, 3.63) is 71.2 Å². The zero-order chi connectivity index (χ0) is 26.8. The lowest BCUT2D eigenvalue weighted by Gasteiger charge is -2.45.